The van der Waals surface area contributed by atoms with Gasteiger partial charge >= 0.3 is 0 Å². The first-order valence-electron chi connectivity index (χ1n) is 4.88. The van der Waals surface area contributed by atoms with Crippen molar-refractivity contribution in [2.45, 2.75) is 19.4 Å². The van der Waals surface area contributed by atoms with Crippen LogP contribution < -0.4 is 5.32 Å². The largest absolute Gasteiger partial charge is 0.352 e. The average molecular weight is 245 g/mol. The van der Waals surface area contributed by atoms with Gasteiger partial charge in [-0.05, 0) is 17.4 Å². The molecule has 2 nitrogen and oxygen atoms in total. The molecule has 0 fully saturated rings. The van der Waals surface area contributed by atoms with Crippen molar-refractivity contribution in [1.82, 2.24) is 5.32 Å². The molecule has 0 aliphatic carbocycles. The van der Waals surface area contributed by atoms with Crippen LogP contribution in [0, 0.1) is 0 Å². The fourth-order valence-corrected chi connectivity index (χ4v) is 1.43. The Bertz CT molecular complexity index is 358. The third-order valence-electron chi connectivity index (χ3n) is 2.03. The van der Waals surface area contributed by atoms with Crippen LogP contribution in [0.15, 0.2) is 24.3 Å². The van der Waals surface area contributed by atoms with Gasteiger partial charge in [-0.15, -0.1) is 0 Å². The lowest BCUT2D eigenvalue weighted by molar-refractivity contribution is -0.120. The summed E-state index contributed by atoms with van der Waals surface area (Å²) in [5.41, 5.74) is 0.645. The summed E-state index contributed by atoms with van der Waals surface area (Å²) in [5.74, 6) is 0.348. The number of nitrogens with one attached hydrogen (secondary N) is 1. The minimum absolute atomic E-state index is 0.0269. The molecule has 1 N–H and O–H groups in total. The molecular formula is C11H13F2NOS. The molecule has 1 rings (SSSR count). The van der Waals surface area contributed by atoms with E-state index in [4.69, 9.17) is 0 Å². The lowest BCUT2D eigenvalue weighted by Crippen LogP contribution is -2.22. The number of carbonyl (C=O) groups excluding carboxylic acids is 1. The number of hydrogen-bond acceptors (Lipinski definition) is 2. The average Bonchev–Trinajstić information content (AvgIpc) is 2.27. The number of thiol groups is 1. The number of carbonyl (C=O) groups is 1. The summed E-state index contributed by atoms with van der Waals surface area (Å²) in [6, 6.07) is 6.02. The Morgan fingerprint density at radius 2 is 2.19 bits per heavy atom. The van der Waals surface area contributed by atoms with E-state index in [-0.39, 0.29) is 18.0 Å². The van der Waals surface area contributed by atoms with Gasteiger partial charge in [0.15, 0.2) is 0 Å². The van der Waals surface area contributed by atoms with E-state index in [0.717, 1.165) is 0 Å². The quantitative estimate of drug-likeness (QED) is 0.767. The molecule has 1 aromatic carbocycles. The molecule has 0 radical (unpaired) electrons. The summed E-state index contributed by atoms with van der Waals surface area (Å²) in [6.07, 6.45) is -2.15. The van der Waals surface area contributed by atoms with Crippen molar-refractivity contribution in [3.05, 3.63) is 35.4 Å². The first-order chi connectivity index (χ1) is 7.63. The van der Waals surface area contributed by atoms with E-state index in [1.54, 1.807) is 12.1 Å². The van der Waals surface area contributed by atoms with Gasteiger partial charge in [0.1, 0.15) is 0 Å². The number of halogens is 2. The van der Waals surface area contributed by atoms with Crippen molar-refractivity contribution in [3.8, 4) is 0 Å². The van der Waals surface area contributed by atoms with Crippen LogP contribution in [-0.4, -0.2) is 11.7 Å². The number of amides is 1. The van der Waals surface area contributed by atoms with Crippen molar-refractivity contribution < 1.29 is 13.6 Å². The minimum Gasteiger partial charge on any atom is -0.352 e. The lowest BCUT2D eigenvalue weighted by Gasteiger charge is -2.06. The van der Waals surface area contributed by atoms with Gasteiger partial charge in [-0.1, -0.05) is 18.2 Å². The maximum atomic E-state index is 12.4. The topological polar surface area (TPSA) is 29.1 Å². The predicted molar refractivity (Wildman–Crippen MR) is 61.7 cm³/mol. The van der Waals surface area contributed by atoms with Crippen molar-refractivity contribution >= 4 is 18.5 Å². The first-order valence-corrected chi connectivity index (χ1v) is 5.51. The zero-order valence-electron chi connectivity index (χ0n) is 8.62. The summed E-state index contributed by atoms with van der Waals surface area (Å²) in [5, 5.41) is 2.63. The van der Waals surface area contributed by atoms with Gasteiger partial charge in [-0.3, -0.25) is 4.79 Å². The molecule has 0 aliphatic heterocycles. The van der Waals surface area contributed by atoms with E-state index in [1.165, 1.54) is 12.1 Å². The van der Waals surface area contributed by atoms with Crippen LogP contribution >= 0.6 is 12.6 Å². The van der Waals surface area contributed by atoms with Crippen LogP contribution in [0.25, 0.3) is 0 Å². The fourth-order valence-electron chi connectivity index (χ4n) is 1.23. The summed E-state index contributed by atoms with van der Waals surface area (Å²) in [6.45, 7) is 0.271. The second-order valence-electron chi connectivity index (χ2n) is 3.30. The van der Waals surface area contributed by atoms with Crippen LogP contribution in [0.5, 0.6) is 0 Å². The summed E-state index contributed by atoms with van der Waals surface area (Å²) < 4.78 is 24.7. The smallest absolute Gasteiger partial charge is 0.263 e. The number of rotatable bonds is 5. The molecule has 1 amide bonds. The van der Waals surface area contributed by atoms with Crippen LogP contribution in [0.2, 0.25) is 0 Å². The third-order valence-corrected chi connectivity index (χ3v) is 2.26. The SMILES string of the molecule is O=C(CCS)NCc1cccc(C(F)F)c1. The lowest BCUT2D eigenvalue weighted by atomic mass is 10.1. The molecular weight excluding hydrogens is 232 g/mol. The van der Waals surface area contributed by atoms with Crippen LogP contribution in [0.3, 0.4) is 0 Å². The highest BCUT2D eigenvalue weighted by atomic mass is 32.1. The third kappa shape index (κ3) is 4.18. The van der Waals surface area contributed by atoms with Crippen molar-refractivity contribution in [2.24, 2.45) is 0 Å². The molecule has 0 saturated heterocycles. The van der Waals surface area contributed by atoms with Gasteiger partial charge in [0.25, 0.3) is 6.43 Å². The van der Waals surface area contributed by atoms with E-state index in [9.17, 15) is 13.6 Å². The van der Waals surface area contributed by atoms with Gasteiger partial charge in [0.05, 0.1) is 0 Å². The molecule has 0 atom stereocenters. The highest BCUT2D eigenvalue weighted by Crippen LogP contribution is 2.19. The van der Waals surface area contributed by atoms with E-state index < -0.39 is 6.43 Å². The zero-order valence-corrected chi connectivity index (χ0v) is 9.51. The Labute approximate surface area is 98.5 Å². The fraction of sp³-hybridized carbons (Fsp3) is 0.364. The Morgan fingerprint density at radius 1 is 1.44 bits per heavy atom. The normalized spacial score (nSPS) is 10.5. The van der Waals surface area contributed by atoms with Gasteiger partial charge in [-0.2, -0.15) is 12.6 Å². The van der Waals surface area contributed by atoms with Crippen molar-refractivity contribution in [3.63, 3.8) is 0 Å². The van der Waals surface area contributed by atoms with E-state index >= 15 is 0 Å². The minimum atomic E-state index is -2.48. The van der Waals surface area contributed by atoms with Gasteiger partial charge < -0.3 is 5.32 Å². The second kappa shape index (κ2) is 6.48. The number of hydrogen-bond donors (Lipinski definition) is 2. The molecule has 0 aliphatic rings. The molecule has 16 heavy (non-hydrogen) atoms. The highest BCUT2D eigenvalue weighted by Gasteiger charge is 2.07. The molecule has 0 unspecified atom stereocenters. The molecule has 0 heterocycles. The highest BCUT2D eigenvalue weighted by molar-refractivity contribution is 7.80. The second-order valence-corrected chi connectivity index (χ2v) is 3.74. The molecule has 0 aromatic heterocycles. The summed E-state index contributed by atoms with van der Waals surface area (Å²) in [4.78, 5) is 11.1. The Kier molecular flexibility index (Phi) is 5.25. The van der Waals surface area contributed by atoms with Gasteiger partial charge in [-0.25, -0.2) is 8.78 Å². The summed E-state index contributed by atoms with van der Waals surface area (Å²) >= 11 is 3.92. The number of benzene rings is 1. The Balaban J connectivity index is 2.54. The van der Waals surface area contributed by atoms with E-state index in [1.807, 2.05) is 0 Å². The van der Waals surface area contributed by atoms with Crippen LogP contribution in [-0.2, 0) is 11.3 Å². The van der Waals surface area contributed by atoms with Crippen molar-refractivity contribution in [2.75, 3.05) is 5.75 Å². The van der Waals surface area contributed by atoms with E-state index in [2.05, 4.69) is 17.9 Å². The van der Waals surface area contributed by atoms with Crippen molar-refractivity contribution in [1.29, 1.82) is 0 Å². The molecule has 88 valence electrons. The monoisotopic (exact) mass is 245 g/mol. The maximum absolute atomic E-state index is 12.4. The zero-order chi connectivity index (χ0) is 12.0. The maximum Gasteiger partial charge on any atom is 0.263 e. The van der Waals surface area contributed by atoms with Crippen LogP contribution in [0.1, 0.15) is 24.0 Å². The standard InChI is InChI=1S/C11H13F2NOS/c12-11(13)9-3-1-2-8(6-9)7-14-10(15)4-5-16/h1-3,6,11,16H,4-5,7H2,(H,14,15). The Hall–Kier alpha value is -1.10. The molecule has 0 spiro atoms. The molecule has 0 bridgehead atoms. The molecule has 1 aromatic rings. The predicted octanol–water partition coefficient (Wildman–Crippen LogP) is 2.56. The van der Waals surface area contributed by atoms with Gasteiger partial charge in [0.2, 0.25) is 5.91 Å². The first kappa shape index (κ1) is 13.0. The number of alkyl halides is 2. The summed E-state index contributed by atoms with van der Waals surface area (Å²) in [7, 11) is 0. The molecule has 5 heteroatoms. The van der Waals surface area contributed by atoms with Gasteiger partial charge in [0, 0.05) is 18.5 Å². The van der Waals surface area contributed by atoms with Crippen LogP contribution in [0.4, 0.5) is 8.78 Å². The molecule has 0 saturated carbocycles. The van der Waals surface area contributed by atoms with E-state index in [0.29, 0.717) is 17.7 Å². The Morgan fingerprint density at radius 3 is 2.81 bits per heavy atom.